The minimum Gasteiger partial charge on any atom is -0.506 e. The largest absolute Gasteiger partial charge is 0.506 e. The zero-order chi connectivity index (χ0) is 17.3. The number of fused-ring (bicyclic) bond motifs is 1. The van der Waals surface area contributed by atoms with Crippen LogP contribution in [0.3, 0.4) is 0 Å². The molecule has 1 atom stereocenters. The summed E-state index contributed by atoms with van der Waals surface area (Å²) in [6.45, 7) is 2.00. The van der Waals surface area contributed by atoms with E-state index < -0.39 is 24.0 Å². The number of rotatable bonds is 3. The number of urea groups is 1. The Hall–Kier alpha value is -3.09. The number of aromatic hydroxyl groups is 1. The first-order chi connectivity index (χ1) is 11.5. The van der Waals surface area contributed by atoms with Gasteiger partial charge in [0.15, 0.2) is 6.10 Å². The number of nitrogens with one attached hydrogen (secondary N) is 1. The van der Waals surface area contributed by atoms with Crippen LogP contribution >= 0.6 is 0 Å². The second kappa shape index (κ2) is 6.19. The van der Waals surface area contributed by atoms with E-state index in [1.165, 1.54) is 13.0 Å². The number of esters is 1. The highest BCUT2D eigenvalue weighted by Crippen LogP contribution is 2.29. The highest BCUT2D eigenvalue weighted by molar-refractivity contribution is 6.03. The van der Waals surface area contributed by atoms with Crippen LogP contribution in [-0.2, 0) is 9.53 Å². The van der Waals surface area contributed by atoms with Crippen LogP contribution in [0.15, 0.2) is 36.4 Å². The quantitative estimate of drug-likeness (QED) is 0.835. The van der Waals surface area contributed by atoms with E-state index in [1.807, 2.05) is 12.1 Å². The van der Waals surface area contributed by atoms with Crippen LogP contribution in [0.5, 0.6) is 5.75 Å². The summed E-state index contributed by atoms with van der Waals surface area (Å²) in [6.07, 6.45) is -1.13. The van der Waals surface area contributed by atoms with Crippen LogP contribution in [0.25, 0.3) is 10.8 Å². The van der Waals surface area contributed by atoms with Gasteiger partial charge in [-0.3, -0.25) is 9.69 Å². The number of ether oxygens (including phenoxy) is 1. The van der Waals surface area contributed by atoms with Gasteiger partial charge in [0.2, 0.25) is 0 Å². The van der Waals surface area contributed by atoms with Crippen molar-refractivity contribution in [2.45, 2.75) is 13.0 Å². The van der Waals surface area contributed by atoms with Crippen molar-refractivity contribution in [3.63, 3.8) is 0 Å². The molecule has 0 spiro atoms. The van der Waals surface area contributed by atoms with E-state index in [0.29, 0.717) is 11.9 Å². The van der Waals surface area contributed by atoms with Gasteiger partial charge in [-0.15, -0.1) is 0 Å². The third-order valence-electron chi connectivity index (χ3n) is 3.87. The minimum atomic E-state index is -1.13. The molecule has 7 nitrogen and oxygen atoms in total. The van der Waals surface area contributed by atoms with Gasteiger partial charge in [0, 0.05) is 18.5 Å². The van der Waals surface area contributed by atoms with E-state index in [-0.39, 0.29) is 17.9 Å². The average Bonchev–Trinajstić information content (AvgIpc) is 3.00. The van der Waals surface area contributed by atoms with Gasteiger partial charge >= 0.3 is 12.0 Å². The summed E-state index contributed by atoms with van der Waals surface area (Å²) in [7, 11) is 0. The lowest BCUT2D eigenvalue weighted by Crippen LogP contribution is -2.41. The van der Waals surface area contributed by atoms with Gasteiger partial charge in [-0.1, -0.05) is 30.3 Å². The first kappa shape index (κ1) is 15.8. The normalized spacial score (nSPS) is 15.2. The predicted octanol–water partition coefficient (Wildman–Crippen LogP) is 1.64. The van der Waals surface area contributed by atoms with Gasteiger partial charge in [-0.25, -0.2) is 9.59 Å². The number of benzene rings is 2. The Morgan fingerprint density at radius 3 is 2.71 bits per heavy atom. The third kappa shape index (κ3) is 2.76. The summed E-state index contributed by atoms with van der Waals surface area (Å²) in [6, 6.07) is 9.69. The van der Waals surface area contributed by atoms with Crippen molar-refractivity contribution in [3.05, 3.63) is 42.0 Å². The predicted molar refractivity (Wildman–Crippen MR) is 85.6 cm³/mol. The molecule has 2 aromatic rings. The smallest absolute Gasteiger partial charge is 0.342 e. The number of carbonyl (C=O) groups is 3. The summed E-state index contributed by atoms with van der Waals surface area (Å²) < 4.78 is 5.12. The molecular formula is C17H16N2O5. The van der Waals surface area contributed by atoms with Crippen molar-refractivity contribution in [3.8, 4) is 5.75 Å². The van der Waals surface area contributed by atoms with Crippen LogP contribution in [0.4, 0.5) is 4.79 Å². The van der Waals surface area contributed by atoms with Gasteiger partial charge in [-0.05, 0) is 18.4 Å². The number of hydrogen-bond donors (Lipinski definition) is 2. The van der Waals surface area contributed by atoms with Crippen molar-refractivity contribution < 1.29 is 24.2 Å². The maximum Gasteiger partial charge on any atom is 0.342 e. The molecule has 24 heavy (non-hydrogen) atoms. The summed E-state index contributed by atoms with van der Waals surface area (Å²) >= 11 is 0. The number of amides is 3. The maximum absolute atomic E-state index is 12.3. The first-order valence-electron chi connectivity index (χ1n) is 7.50. The highest BCUT2D eigenvalue weighted by atomic mass is 16.5. The number of phenols is 1. The second-order valence-electron chi connectivity index (χ2n) is 5.45. The summed E-state index contributed by atoms with van der Waals surface area (Å²) in [5, 5.41) is 14.1. The summed E-state index contributed by atoms with van der Waals surface area (Å²) in [4.78, 5) is 36.9. The molecule has 2 aromatic carbocycles. The fraction of sp³-hybridized carbons (Fsp3) is 0.235. The van der Waals surface area contributed by atoms with Crippen molar-refractivity contribution in [1.29, 1.82) is 0 Å². The molecule has 0 saturated carbocycles. The van der Waals surface area contributed by atoms with E-state index in [0.717, 1.165) is 10.3 Å². The molecule has 1 aliphatic rings. The molecule has 2 N–H and O–H groups in total. The zero-order valence-corrected chi connectivity index (χ0v) is 13.0. The van der Waals surface area contributed by atoms with Gasteiger partial charge in [0.05, 0.1) is 0 Å². The van der Waals surface area contributed by atoms with E-state index >= 15 is 0 Å². The summed E-state index contributed by atoms with van der Waals surface area (Å²) in [5.41, 5.74) is -0.0285. The Morgan fingerprint density at radius 2 is 2.00 bits per heavy atom. The fourth-order valence-electron chi connectivity index (χ4n) is 2.60. The molecule has 3 amide bonds. The molecule has 1 heterocycles. The van der Waals surface area contributed by atoms with Crippen LogP contribution in [-0.4, -0.2) is 47.1 Å². The van der Waals surface area contributed by atoms with E-state index in [2.05, 4.69) is 5.32 Å². The highest BCUT2D eigenvalue weighted by Gasteiger charge is 2.32. The maximum atomic E-state index is 12.3. The van der Waals surface area contributed by atoms with Gasteiger partial charge in [0.1, 0.15) is 11.3 Å². The lowest BCUT2D eigenvalue weighted by atomic mass is 10.1. The number of hydrogen-bond acceptors (Lipinski definition) is 5. The number of phenolic OH excluding ortho intramolecular Hbond substituents is 1. The Bertz CT molecular complexity index is 833. The standard InChI is InChI=1S/C17H16N2O5/c1-10(15(21)19-9-8-18-17(19)23)24-16(22)13-7-6-11-4-2-3-5-12(11)14(13)20/h2-7,10,20H,8-9H2,1H3,(H,18,23)/t10-/m0/s1. The summed E-state index contributed by atoms with van der Waals surface area (Å²) in [5.74, 6) is -1.62. The molecule has 124 valence electrons. The second-order valence-corrected chi connectivity index (χ2v) is 5.45. The fourth-order valence-corrected chi connectivity index (χ4v) is 2.60. The Kier molecular flexibility index (Phi) is 4.07. The van der Waals surface area contributed by atoms with Crippen LogP contribution in [0.1, 0.15) is 17.3 Å². The molecule has 1 aliphatic heterocycles. The third-order valence-corrected chi connectivity index (χ3v) is 3.87. The monoisotopic (exact) mass is 328 g/mol. The molecule has 0 bridgehead atoms. The van der Waals surface area contributed by atoms with E-state index in [4.69, 9.17) is 4.74 Å². The number of carbonyl (C=O) groups excluding carboxylic acids is 3. The van der Waals surface area contributed by atoms with Gasteiger partial charge in [0.25, 0.3) is 5.91 Å². The van der Waals surface area contributed by atoms with Crippen molar-refractivity contribution in [2.24, 2.45) is 0 Å². The minimum absolute atomic E-state index is 0.0285. The number of nitrogens with zero attached hydrogens (tertiary/aromatic N) is 1. The topological polar surface area (TPSA) is 95.9 Å². The van der Waals surface area contributed by atoms with Crippen molar-refractivity contribution in [1.82, 2.24) is 10.2 Å². The molecule has 0 radical (unpaired) electrons. The molecule has 0 aliphatic carbocycles. The van der Waals surface area contributed by atoms with Crippen LogP contribution in [0.2, 0.25) is 0 Å². The van der Waals surface area contributed by atoms with Gasteiger partial charge in [-0.2, -0.15) is 0 Å². The molecular weight excluding hydrogens is 312 g/mol. The average molecular weight is 328 g/mol. The SMILES string of the molecule is C[C@H](OC(=O)c1ccc2ccccc2c1O)C(=O)N1CCNC1=O. The molecule has 7 heteroatoms. The molecule has 0 aromatic heterocycles. The lowest BCUT2D eigenvalue weighted by Gasteiger charge is -2.18. The Balaban J connectivity index is 1.78. The number of imide groups is 1. The lowest BCUT2D eigenvalue weighted by molar-refractivity contribution is -0.136. The van der Waals surface area contributed by atoms with Gasteiger partial charge < -0.3 is 15.2 Å². The van der Waals surface area contributed by atoms with Crippen molar-refractivity contribution >= 4 is 28.7 Å². The van der Waals surface area contributed by atoms with Crippen molar-refractivity contribution in [2.75, 3.05) is 13.1 Å². The van der Waals surface area contributed by atoms with Crippen LogP contribution < -0.4 is 5.32 Å². The molecule has 1 saturated heterocycles. The van der Waals surface area contributed by atoms with E-state index in [9.17, 15) is 19.5 Å². The molecule has 3 rings (SSSR count). The molecule has 1 fully saturated rings. The van der Waals surface area contributed by atoms with Crippen LogP contribution in [0, 0.1) is 0 Å². The molecule has 0 unspecified atom stereocenters. The Labute approximate surface area is 137 Å². The Morgan fingerprint density at radius 1 is 1.25 bits per heavy atom. The first-order valence-corrected chi connectivity index (χ1v) is 7.50. The zero-order valence-electron chi connectivity index (χ0n) is 13.0. The van der Waals surface area contributed by atoms with E-state index in [1.54, 1.807) is 18.2 Å².